The van der Waals surface area contributed by atoms with Gasteiger partial charge in [0.15, 0.2) is 17.9 Å². The van der Waals surface area contributed by atoms with E-state index in [1.807, 2.05) is 13.0 Å². The summed E-state index contributed by atoms with van der Waals surface area (Å²) in [5.74, 6) is -2.13. The second-order valence-corrected chi connectivity index (χ2v) is 16.3. The third-order valence-electron chi connectivity index (χ3n) is 9.54. The van der Waals surface area contributed by atoms with Gasteiger partial charge >= 0.3 is 6.03 Å². The van der Waals surface area contributed by atoms with Gasteiger partial charge in [0, 0.05) is 22.0 Å². The van der Waals surface area contributed by atoms with Crippen LogP contribution < -0.4 is 20.7 Å². The van der Waals surface area contributed by atoms with Crippen molar-refractivity contribution in [1.82, 2.24) is 10.2 Å². The monoisotopic (exact) mass is 786 g/mol. The molecule has 2 atom stereocenters. The number of nitrogens with one attached hydrogen (secondary N) is 3. The number of anilines is 2. The summed E-state index contributed by atoms with van der Waals surface area (Å²) in [5.41, 5.74) is 1.29. The van der Waals surface area contributed by atoms with Gasteiger partial charge in [-0.1, -0.05) is 115 Å². The van der Waals surface area contributed by atoms with Crippen molar-refractivity contribution in [2.24, 2.45) is 5.41 Å². The summed E-state index contributed by atoms with van der Waals surface area (Å²) in [6.07, 6.45) is 3.35. The maximum Gasteiger partial charge on any atom is 0.330 e. The quantitative estimate of drug-likeness (QED) is 0.0717. The highest BCUT2D eigenvalue weighted by atomic mass is 79.9. The Bertz CT molecular complexity index is 1700. The van der Waals surface area contributed by atoms with Gasteiger partial charge in [-0.25, -0.2) is 9.69 Å². The lowest BCUT2D eigenvalue weighted by molar-refractivity contribution is -0.142. The highest BCUT2D eigenvalue weighted by molar-refractivity contribution is 9.09. The first-order valence-corrected chi connectivity index (χ1v) is 18.9. The Hall–Kier alpha value is -3.70. The van der Waals surface area contributed by atoms with E-state index in [0.717, 1.165) is 18.4 Å². The van der Waals surface area contributed by atoms with Crippen LogP contribution >= 0.6 is 27.5 Å². The molecule has 1 saturated heterocycles. The molecule has 12 heteroatoms. The second kappa shape index (κ2) is 16.8. The zero-order valence-corrected chi connectivity index (χ0v) is 33.7. The number of rotatable bonds is 15. The number of ketones is 1. The van der Waals surface area contributed by atoms with Crippen molar-refractivity contribution in [3.05, 3.63) is 64.3 Å². The largest absolute Gasteiger partial charge is 0.480 e. The predicted molar refractivity (Wildman–Crippen MR) is 207 cm³/mol. The van der Waals surface area contributed by atoms with Crippen molar-refractivity contribution in [3.8, 4) is 5.75 Å². The molecule has 0 bridgehead atoms. The van der Waals surface area contributed by atoms with Crippen LogP contribution in [0.4, 0.5) is 16.2 Å². The minimum absolute atomic E-state index is 0.0134. The Morgan fingerprint density at radius 2 is 1.57 bits per heavy atom. The van der Waals surface area contributed by atoms with Crippen LogP contribution in [-0.2, 0) is 30.0 Å². The lowest BCUT2D eigenvalue weighted by atomic mass is 9.76. The maximum atomic E-state index is 13.8. The molecule has 1 aliphatic heterocycles. The highest BCUT2D eigenvalue weighted by Gasteiger charge is 2.48. The molecule has 2 aromatic carbocycles. The molecule has 1 heterocycles. The Balaban J connectivity index is 1.90. The molecule has 2 unspecified atom stereocenters. The lowest BCUT2D eigenvalue weighted by Crippen LogP contribution is -2.55. The van der Waals surface area contributed by atoms with Gasteiger partial charge in [0.2, 0.25) is 0 Å². The molecular weight excluding hydrogens is 736 g/mol. The van der Waals surface area contributed by atoms with Gasteiger partial charge < -0.3 is 20.7 Å². The summed E-state index contributed by atoms with van der Waals surface area (Å²) in [6, 6.07) is 8.05. The smallest absolute Gasteiger partial charge is 0.330 e. The van der Waals surface area contributed by atoms with Crippen LogP contribution in [0, 0.1) is 5.41 Å². The van der Waals surface area contributed by atoms with Crippen LogP contribution in [0.25, 0.3) is 0 Å². The highest BCUT2D eigenvalue weighted by Crippen LogP contribution is 2.39. The Kier molecular flexibility index (Phi) is 13.7. The molecule has 0 saturated carbocycles. The van der Waals surface area contributed by atoms with Crippen LogP contribution in [0.5, 0.6) is 5.75 Å². The van der Waals surface area contributed by atoms with E-state index in [-0.39, 0.29) is 27.2 Å². The number of allylic oxidation sites excluding steroid dienone is 1. The van der Waals surface area contributed by atoms with Crippen molar-refractivity contribution < 1.29 is 28.7 Å². The number of nitrogens with zero attached hydrogens (tertiary/aromatic N) is 1. The van der Waals surface area contributed by atoms with Crippen molar-refractivity contribution in [1.29, 1.82) is 0 Å². The van der Waals surface area contributed by atoms with Crippen LogP contribution in [-0.4, -0.2) is 51.9 Å². The third kappa shape index (κ3) is 9.80. The van der Waals surface area contributed by atoms with E-state index in [4.69, 9.17) is 16.3 Å². The third-order valence-corrected chi connectivity index (χ3v) is 10.3. The molecule has 3 N–H and O–H groups in total. The van der Waals surface area contributed by atoms with Gasteiger partial charge in [0.05, 0.1) is 10.7 Å². The number of carbonyl (C=O) groups is 5. The molecule has 0 spiro atoms. The summed E-state index contributed by atoms with van der Waals surface area (Å²) < 4.78 is 6.41. The standard InChI is InChI=1S/C39H52BrClN4O6/c1-11-29(51-30-19-16-23(38(7,8)12-2)21-25(30)39(9,10)13-3)33(47)42-24-17-18-26(41)28(22-24)43-34(48)31(32(46)37(4,5)6)45-35(49)27(15-14-20-40)44-36(45)50/h15-19,21-22,29,31H,11-14,20H2,1-10H3,(H,42,47)(H,43,48)(H,44,50). The van der Waals surface area contributed by atoms with E-state index in [9.17, 15) is 24.0 Å². The van der Waals surface area contributed by atoms with Crippen LogP contribution in [0.1, 0.15) is 106 Å². The van der Waals surface area contributed by atoms with E-state index in [1.165, 1.54) is 23.8 Å². The fourth-order valence-corrected chi connectivity index (χ4v) is 5.76. The molecule has 5 amide bonds. The molecule has 0 radical (unpaired) electrons. The first-order valence-electron chi connectivity index (χ1n) is 17.4. The topological polar surface area (TPSA) is 134 Å². The number of imide groups is 1. The summed E-state index contributed by atoms with van der Waals surface area (Å²) in [6.45, 7) is 19.7. The molecule has 10 nitrogen and oxygen atoms in total. The van der Waals surface area contributed by atoms with E-state index in [0.29, 0.717) is 34.5 Å². The molecule has 0 aliphatic carbocycles. The van der Waals surface area contributed by atoms with E-state index in [1.54, 1.807) is 26.8 Å². The normalized spacial score (nSPS) is 15.8. The van der Waals surface area contributed by atoms with Crippen LogP contribution in [0.2, 0.25) is 5.02 Å². The van der Waals surface area contributed by atoms with Crippen LogP contribution in [0.3, 0.4) is 0 Å². The number of benzene rings is 2. The van der Waals surface area contributed by atoms with Gasteiger partial charge in [-0.2, -0.15) is 0 Å². The fraction of sp³-hybridized carbons (Fsp3) is 0.513. The number of halogens is 2. The zero-order valence-electron chi connectivity index (χ0n) is 31.4. The summed E-state index contributed by atoms with van der Waals surface area (Å²) >= 11 is 9.74. The molecule has 1 fully saturated rings. The molecule has 278 valence electrons. The van der Waals surface area contributed by atoms with Gasteiger partial charge in [0.1, 0.15) is 11.4 Å². The number of urea groups is 1. The number of hydrogen-bond acceptors (Lipinski definition) is 6. The van der Waals surface area contributed by atoms with Gasteiger partial charge in [0.25, 0.3) is 17.7 Å². The summed E-state index contributed by atoms with van der Waals surface area (Å²) in [7, 11) is 0. The minimum Gasteiger partial charge on any atom is -0.480 e. The average molecular weight is 788 g/mol. The van der Waals surface area contributed by atoms with E-state index < -0.39 is 47.1 Å². The molecule has 0 aromatic heterocycles. The Morgan fingerprint density at radius 3 is 2.14 bits per heavy atom. The average Bonchev–Trinajstić information content (AvgIpc) is 3.35. The molecule has 3 rings (SSSR count). The van der Waals surface area contributed by atoms with Gasteiger partial charge in [-0.15, -0.1) is 0 Å². The fourth-order valence-electron chi connectivity index (χ4n) is 5.36. The van der Waals surface area contributed by atoms with Gasteiger partial charge in [-0.3, -0.25) is 19.2 Å². The zero-order chi connectivity index (χ0) is 38.5. The molecule has 2 aromatic rings. The van der Waals surface area contributed by atoms with Gasteiger partial charge in [-0.05, 0) is 66.3 Å². The maximum absolute atomic E-state index is 13.8. The Labute approximate surface area is 315 Å². The first-order chi connectivity index (χ1) is 23.7. The van der Waals surface area contributed by atoms with Crippen LogP contribution in [0.15, 0.2) is 48.2 Å². The molecule has 1 aliphatic rings. The first kappa shape index (κ1) is 41.7. The SMILES string of the molecule is CCC(Oc1ccc(C(C)(C)CC)cc1C(C)(C)CC)C(=O)Nc1ccc(Cl)c(NC(=O)C(C(=O)C(C)(C)C)N2C(=O)NC(=CCCBr)C2=O)c1. The summed E-state index contributed by atoms with van der Waals surface area (Å²) in [4.78, 5) is 67.8. The number of ether oxygens (including phenoxy) is 1. The number of hydrogen-bond donors (Lipinski definition) is 3. The van der Waals surface area contributed by atoms with Crippen molar-refractivity contribution in [2.75, 3.05) is 16.0 Å². The number of alkyl halides is 1. The number of carbonyl (C=O) groups excluding carboxylic acids is 5. The number of Topliss-reactive ketones (excluding diaryl/α,β-unsaturated/α-hetero) is 1. The Morgan fingerprint density at radius 1 is 0.922 bits per heavy atom. The number of amides is 5. The van der Waals surface area contributed by atoms with Crippen molar-refractivity contribution in [2.45, 2.75) is 118 Å². The summed E-state index contributed by atoms with van der Waals surface area (Å²) in [5, 5.41) is 8.59. The lowest BCUT2D eigenvalue weighted by Gasteiger charge is -2.31. The second-order valence-electron chi connectivity index (χ2n) is 15.1. The molecule has 51 heavy (non-hydrogen) atoms. The van der Waals surface area contributed by atoms with E-state index >= 15 is 0 Å². The van der Waals surface area contributed by atoms with E-state index in [2.05, 4.69) is 85.6 Å². The van der Waals surface area contributed by atoms with Crippen molar-refractivity contribution in [3.63, 3.8) is 0 Å². The predicted octanol–water partition coefficient (Wildman–Crippen LogP) is 8.65. The molecular formula is C39H52BrClN4O6. The van der Waals surface area contributed by atoms with Crippen molar-refractivity contribution >= 4 is 68.4 Å². The minimum atomic E-state index is -1.78.